The molecule has 1 rings (SSSR count). The molecule has 0 saturated carbocycles. The predicted octanol–water partition coefficient (Wildman–Crippen LogP) is 4.92. The minimum atomic E-state index is -0.435. The van der Waals surface area contributed by atoms with Crippen LogP contribution in [-0.2, 0) is 16.1 Å². The van der Waals surface area contributed by atoms with E-state index < -0.39 is 6.09 Å². The second-order valence-electron chi connectivity index (χ2n) is 6.02. The number of unbranched alkanes of at least 4 members (excludes halogenated alkanes) is 2. The van der Waals surface area contributed by atoms with Crippen molar-refractivity contribution in [1.82, 2.24) is 10.2 Å². The van der Waals surface area contributed by atoms with Gasteiger partial charge in [0.25, 0.3) is 0 Å². The fourth-order valence-electron chi connectivity index (χ4n) is 2.24. The van der Waals surface area contributed by atoms with Gasteiger partial charge in [0.15, 0.2) is 0 Å². The van der Waals surface area contributed by atoms with Crippen molar-refractivity contribution in [3.63, 3.8) is 0 Å². The molecule has 5 nitrogen and oxygen atoms in total. The highest BCUT2D eigenvalue weighted by Gasteiger charge is 2.19. The zero-order valence-electron chi connectivity index (χ0n) is 17.1. The van der Waals surface area contributed by atoms with Crippen LogP contribution in [0.3, 0.4) is 0 Å². The molecule has 0 aliphatic carbocycles. The van der Waals surface area contributed by atoms with Crippen molar-refractivity contribution in [3.05, 3.63) is 35.4 Å². The fourth-order valence-corrected chi connectivity index (χ4v) is 2.24. The SMILES string of the molecule is CC.CCCCNC(=O)CN(Cc1cccc(C)c1)C(=O)OCCCC.[HH]. The highest BCUT2D eigenvalue weighted by molar-refractivity contribution is 5.82. The molecule has 0 aromatic heterocycles. The molecule has 1 aromatic carbocycles. The molecule has 0 unspecified atom stereocenters. The lowest BCUT2D eigenvalue weighted by Gasteiger charge is -2.22. The highest BCUT2D eigenvalue weighted by Crippen LogP contribution is 2.09. The topological polar surface area (TPSA) is 58.6 Å². The van der Waals surface area contributed by atoms with Crippen molar-refractivity contribution < 1.29 is 15.8 Å². The first kappa shape index (κ1) is 24.0. The van der Waals surface area contributed by atoms with Gasteiger partial charge in [-0.2, -0.15) is 0 Å². The molecule has 0 atom stereocenters. The third-order valence-corrected chi connectivity index (χ3v) is 3.62. The molecule has 0 bridgehead atoms. The van der Waals surface area contributed by atoms with Gasteiger partial charge in [0.2, 0.25) is 5.91 Å². The summed E-state index contributed by atoms with van der Waals surface area (Å²) in [5.74, 6) is -0.149. The number of hydrogen-bond donors (Lipinski definition) is 1. The van der Waals surface area contributed by atoms with Crippen LogP contribution in [0, 0.1) is 6.92 Å². The maximum Gasteiger partial charge on any atom is 0.410 e. The summed E-state index contributed by atoms with van der Waals surface area (Å²) in [5.41, 5.74) is 2.11. The lowest BCUT2D eigenvalue weighted by Crippen LogP contribution is -2.41. The van der Waals surface area contributed by atoms with Crippen molar-refractivity contribution in [2.75, 3.05) is 19.7 Å². The van der Waals surface area contributed by atoms with E-state index in [1.807, 2.05) is 52.0 Å². The fraction of sp³-hybridized carbons (Fsp3) is 0.619. The van der Waals surface area contributed by atoms with E-state index in [9.17, 15) is 9.59 Å². The van der Waals surface area contributed by atoms with Crippen LogP contribution in [0.25, 0.3) is 0 Å². The minimum Gasteiger partial charge on any atom is -0.449 e. The Morgan fingerprint density at radius 2 is 1.85 bits per heavy atom. The van der Waals surface area contributed by atoms with E-state index in [1.54, 1.807) is 0 Å². The number of carbonyl (C=O) groups excluding carboxylic acids is 2. The molecular formula is C21H38N2O3. The minimum absolute atomic E-state index is 0. The van der Waals surface area contributed by atoms with E-state index in [1.165, 1.54) is 4.90 Å². The average Bonchev–Trinajstić information content (AvgIpc) is 2.63. The van der Waals surface area contributed by atoms with Crippen LogP contribution in [0.15, 0.2) is 24.3 Å². The molecule has 0 heterocycles. The zero-order valence-corrected chi connectivity index (χ0v) is 17.1. The summed E-state index contributed by atoms with van der Waals surface area (Å²) in [5, 5.41) is 2.84. The summed E-state index contributed by atoms with van der Waals surface area (Å²) in [6.45, 7) is 11.5. The van der Waals surface area contributed by atoms with Gasteiger partial charge in [-0.3, -0.25) is 9.69 Å². The Labute approximate surface area is 160 Å². The van der Waals surface area contributed by atoms with Crippen LogP contribution < -0.4 is 5.32 Å². The summed E-state index contributed by atoms with van der Waals surface area (Å²) in [6, 6.07) is 7.92. The number of carbonyl (C=O) groups is 2. The number of nitrogens with one attached hydrogen (secondary N) is 1. The summed E-state index contributed by atoms with van der Waals surface area (Å²) >= 11 is 0. The molecule has 0 radical (unpaired) electrons. The van der Waals surface area contributed by atoms with Crippen molar-refractivity contribution in [1.29, 1.82) is 0 Å². The Balaban J connectivity index is 0. The normalized spacial score (nSPS) is 9.73. The number of rotatable bonds is 10. The number of hydrogen-bond acceptors (Lipinski definition) is 3. The van der Waals surface area contributed by atoms with E-state index in [2.05, 4.69) is 12.2 Å². The van der Waals surface area contributed by atoms with Gasteiger partial charge in [-0.05, 0) is 25.3 Å². The molecular weight excluding hydrogens is 328 g/mol. The maximum atomic E-state index is 12.3. The zero-order chi connectivity index (χ0) is 19.8. The van der Waals surface area contributed by atoms with Gasteiger partial charge >= 0.3 is 6.09 Å². The molecule has 1 N–H and O–H groups in total. The standard InChI is InChI=1S/C19H30N2O3.C2H6.H2/c1-4-6-11-20-18(22)15-21(19(23)24-12-7-5-2)14-17-10-8-9-16(3)13-17;1-2;/h8-10,13H,4-7,11-12,14-15H2,1-3H3,(H,20,22);1-2H3;1H. The Hall–Kier alpha value is -2.04. The number of benzene rings is 1. The predicted molar refractivity (Wildman–Crippen MR) is 109 cm³/mol. The van der Waals surface area contributed by atoms with Gasteiger partial charge in [0.05, 0.1) is 6.61 Å². The maximum absolute atomic E-state index is 12.3. The molecule has 0 spiro atoms. The molecule has 2 amide bonds. The molecule has 5 heteroatoms. The third-order valence-electron chi connectivity index (χ3n) is 3.62. The third kappa shape index (κ3) is 10.7. The molecule has 0 aliphatic rings. The first-order chi connectivity index (χ1) is 12.6. The van der Waals surface area contributed by atoms with Gasteiger partial charge in [0.1, 0.15) is 6.54 Å². The smallest absolute Gasteiger partial charge is 0.410 e. The molecule has 1 aromatic rings. The van der Waals surface area contributed by atoms with Crippen molar-refractivity contribution >= 4 is 12.0 Å². The number of amides is 2. The summed E-state index contributed by atoms with van der Waals surface area (Å²) in [6.07, 6.45) is 3.31. The lowest BCUT2D eigenvalue weighted by atomic mass is 10.1. The van der Waals surface area contributed by atoms with Crippen molar-refractivity contribution in [2.24, 2.45) is 0 Å². The van der Waals surface area contributed by atoms with E-state index in [0.29, 0.717) is 19.7 Å². The molecule has 0 fully saturated rings. The number of aryl methyl sites for hydroxylation is 1. The van der Waals surface area contributed by atoms with Gasteiger partial charge in [-0.25, -0.2) is 4.79 Å². The van der Waals surface area contributed by atoms with E-state index in [4.69, 9.17) is 4.74 Å². The van der Waals surface area contributed by atoms with Crippen molar-refractivity contribution in [2.45, 2.75) is 66.8 Å². The Kier molecular flexibility index (Phi) is 14.0. The van der Waals surface area contributed by atoms with E-state index in [0.717, 1.165) is 36.8 Å². The molecule has 150 valence electrons. The summed E-state index contributed by atoms with van der Waals surface area (Å²) < 4.78 is 5.28. The Morgan fingerprint density at radius 3 is 2.46 bits per heavy atom. The number of nitrogens with zero attached hydrogens (tertiary/aromatic N) is 1. The Bertz CT molecular complexity index is 524. The van der Waals surface area contributed by atoms with E-state index >= 15 is 0 Å². The van der Waals surface area contributed by atoms with Gasteiger partial charge in [-0.15, -0.1) is 0 Å². The first-order valence-electron chi connectivity index (χ1n) is 9.80. The Morgan fingerprint density at radius 1 is 1.15 bits per heavy atom. The quantitative estimate of drug-likeness (QED) is 0.598. The molecule has 0 saturated heterocycles. The van der Waals surface area contributed by atoms with Crippen molar-refractivity contribution in [3.8, 4) is 0 Å². The molecule has 26 heavy (non-hydrogen) atoms. The number of ether oxygens (including phenoxy) is 1. The van der Waals surface area contributed by atoms with Crippen LogP contribution in [0.5, 0.6) is 0 Å². The van der Waals surface area contributed by atoms with Gasteiger partial charge in [-0.1, -0.05) is 70.4 Å². The monoisotopic (exact) mass is 366 g/mol. The van der Waals surface area contributed by atoms with Crippen LogP contribution in [-0.4, -0.2) is 36.6 Å². The van der Waals surface area contributed by atoms with E-state index in [-0.39, 0.29) is 13.9 Å². The second kappa shape index (κ2) is 15.2. The van der Waals surface area contributed by atoms with Gasteiger partial charge < -0.3 is 10.1 Å². The van der Waals surface area contributed by atoms with Gasteiger partial charge in [0, 0.05) is 14.5 Å². The van der Waals surface area contributed by atoms with Crippen LogP contribution in [0.2, 0.25) is 0 Å². The average molecular weight is 367 g/mol. The largest absolute Gasteiger partial charge is 0.449 e. The summed E-state index contributed by atoms with van der Waals surface area (Å²) in [4.78, 5) is 25.8. The lowest BCUT2D eigenvalue weighted by molar-refractivity contribution is -0.122. The van der Waals surface area contributed by atoms with Crippen LogP contribution in [0.1, 0.15) is 65.9 Å². The highest BCUT2D eigenvalue weighted by atomic mass is 16.6. The first-order valence-corrected chi connectivity index (χ1v) is 9.80. The molecule has 0 aliphatic heterocycles. The second-order valence-corrected chi connectivity index (χ2v) is 6.02. The van der Waals surface area contributed by atoms with Crippen LogP contribution >= 0.6 is 0 Å². The van der Waals surface area contributed by atoms with Crippen LogP contribution in [0.4, 0.5) is 4.79 Å². The summed E-state index contributed by atoms with van der Waals surface area (Å²) in [7, 11) is 0.